The van der Waals surface area contributed by atoms with E-state index in [4.69, 9.17) is 0 Å². The van der Waals surface area contributed by atoms with E-state index in [1.165, 1.54) is 90.1 Å². The summed E-state index contributed by atoms with van der Waals surface area (Å²) in [5.41, 5.74) is 0. The fourth-order valence-electron chi connectivity index (χ4n) is 3.20. The van der Waals surface area contributed by atoms with E-state index in [9.17, 15) is 0 Å². The quantitative estimate of drug-likeness (QED) is 0.298. The third-order valence-electron chi connectivity index (χ3n) is 4.34. The molecule has 2 heteroatoms. The van der Waals surface area contributed by atoms with Crippen molar-refractivity contribution in [2.75, 3.05) is 34.2 Å². The van der Waals surface area contributed by atoms with Gasteiger partial charge in [-0.3, -0.25) is 0 Å². The maximum absolute atomic E-state index is 3.66. The van der Waals surface area contributed by atoms with Crippen molar-refractivity contribution in [2.24, 2.45) is 0 Å². The van der Waals surface area contributed by atoms with E-state index < -0.39 is 0 Å². The van der Waals surface area contributed by atoms with Crippen molar-refractivity contribution in [3.63, 3.8) is 0 Å². The normalized spacial score (nSPS) is 13.5. The van der Waals surface area contributed by atoms with E-state index in [1.54, 1.807) is 0 Å². The molecule has 1 N–H and O–H groups in total. The second kappa shape index (κ2) is 14.5. The van der Waals surface area contributed by atoms with Crippen LogP contribution < -0.4 is 5.32 Å². The number of rotatable bonds is 16. The largest absolute Gasteiger partial charge is 0.330 e. The second-order valence-electron chi connectivity index (χ2n) is 8.22. The molecule has 0 heterocycles. The molecule has 0 fully saturated rings. The number of likely N-dealkylation sites (N-methyl/N-ethyl adjacent to an activating group) is 1. The first-order valence-electron chi connectivity index (χ1n) is 9.99. The molecule has 22 heavy (non-hydrogen) atoms. The maximum Gasteiger partial charge on any atom is 0.0933 e. The molecule has 0 saturated heterocycles. The van der Waals surface area contributed by atoms with E-state index in [0.29, 0.717) is 6.04 Å². The molecule has 2 nitrogen and oxygen atoms in total. The van der Waals surface area contributed by atoms with Crippen molar-refractivity contribution in [1.29, 1.82) is 0 Å². The topological polar surface area (TPSA) is 12.0 Å². The first-order valence-corrected chi connectivity index (χ1v) is 9.99. The van der Waals surface area contributed by atoms with Crippen molar-refractivity contribution in [3.8, 4) is 0 Å². The molecule has 0 saturated carbocycles. The van der Waals surface area contributed by atoms with Crippen LogP contribution in [0.4, 0.5) is 0 Å². The lowest BCUT2D eigenvalue weighted by Crippen LogP contribution is -2.45. The zero-order valence-corrected chi connectivity index (χ0v) is 16.4. The van der Waals surface area contributed by atoms with Crippen molar-refractivity contribution < 1.29 is 4.48 Å². The third-order valence-corrected chi connectivity index (χ3v) is 4.34. The van der Waals surface area contributed by atoms with E-state index in [1.807, 2.05) is 0 Å². The molecule has 0 spiro atoms. The number of quaternary nitrogens is 1. The van der Waals surface area contributed by atoms with Gasteiger partial charge >= 0.3 is 0 Å². The van der Waals surface area contributed by atoms with Crippen LogP contribution in [0.2, 0.25) is 0 Å². The SMILES string of the molecule is CCCCCCCCCCCCCCNC(C)C[N+](C)(C)C. The zero-order valence-electron chi connectivity index (χ0n) is 16.4. The van der Waals surface area contributed by atoms with Gasteiger partial charge in [-0.15, -0.1) is 0 Å². The fraction of sp³-hybridized carbons (Fsp3) is 1.00. The summed E-state index contributed by atoms with van der Waals surface area (Å²) in [7, 11) is 6.80. The van der Waals surface area contributed by atoms with Gasteiger partial charge < -0.3 is 9.80 Å². The smallest absolute Gasteiger partial charge is 0.0933 e. The van der Waals surface area contributed by atoms with E-state index in [2.05, 4.69) is 40.3 Å². The van der Waals surface area contributed by atoms with Crippen molar-refractivity contribution in [2.45, 2.75) is 96.9 Å². The van der Waals surface area contributed by atoms with Gasteiger partial charge in [0.05, 0.1) is 33.7 Å². The Bertz CT molecular complexity index is 220. The molecular formula is C20H45N2+. The van der Waals surface area contributed by atoms with Gasteiger partial charge in [0.1, 0.15) is 0 Å². The molecule has 134 valence electrons. The first-order chi connectivity index (χ1) is 10.5. The molecule has 0 radical (unpaired) electrons. The lowest BCUT2D eigenvalue weighted by molar-refractivity contribution is -0.871. The van der Waals surface area contributed by atoms with Crippen LogP contribution in [0.1, 0.15) is 90.9 Å². The zero-order chi connectivity index (χ0) is 16.7. The molecule has 0 rings (SSSR count). The van der Waals surface area contributed by atoms with Crippen LogP contribution in [-0.2, 0) is 0 Å². The highest BCUT2D eigenvalue weighted by atomic mass is 15.3. The van der Waals surface area contributed by atoms with Gasteiger partial charge in [-0.25, -0.2) is 0 Å². The molecule has 1 unspecified atom stereocenters. The lowest BCUT2D eigenvalue weighted by Gasteiger charge is -2.28. The summed E-state index contributed by atoms with van der Waals surface area (Å²) in [6, 6.07) is 0.632. The van der Waals surface area contributed by atoms with Crippen LogP contribution in [0.3, 0.4) is 0 Å². The van der Waals surface area contributed by atoms with Gasteiger partial charge in [0.2, 0.25) is 0 Å². The van der Waals surface area contributed by atoms with Gasteiger partial charge in [-0.05, 0) is 19.9 Å². The Balaban J connectivity index is 3.14. The predicted octanol–water partition coefficient (Wildman–Crippen LogP) is 5.37. The number of hydrogen-bond donors (Lipinski definition) is 1. The van der Waals surface area contributed by atoms with Crippen molar-refractivity contribution in [1.82, 2.24) is 5.32 Å². The Hall–Kier alpha value is -0.0800. The predicted molar refractivity (Wildman–Crippen MR) is 101 cm³/mol. The minimum Gasteiger partial charge on any atom is -0.330 e. The Labute approximate surface area is 141 Å². The fourth-order valence-corrected chi connectivity index (χ4v) is 3.20. The van der Waals surface area contributed by atoms with Gasteiger partial charge in [0.25, 0.3) is 0 Å². The van der Waals surface area contributed by atoms with E-state index in [0.717, 1.165) is 4.48 Å². The lowest BCUT2D eigenvalue weighted by atomic mass is 10.1. The minimum atomic E-state index is 0.632. The van der Waals surface area contributed by atoms with Crippen LogP contribution in [0.25, 0.3) is 0 Å². The summed E-state index contributed by atoms with van der Waals surface area (Å²) in [6.07, 6.45) is 17.2. The van der Waals surface area contributed by atoms with Gasteiger partial charge in [0.15, 0.2) is 0 Å². The molecule has 0 bridgehead atoms. The van der Waals surface area contributed by atoms with Gasteiger partial charge in [-0.1, -0.05) is 77.6 Å². The summed E-state index contributed by atoms with van der Waals surface area (Å²) in [5.74, 6) is 0. The van der Waals surface area contributed by atoms with Crippen molar-refractivity contribution >= 4 is 0 Å². The average molecular weight is 314 g/mol. The van der Waals surface area contributed by atoms with Gasteiger partial charge in [0, 0.05) is 0 Å². The molecule has 0 aliphatic heterocycles. The summed E-state index contributed by atoms with van der Waals surface area (Å²) in [4.78, 5) is 0. The Morgan fingerprint density at radius 2 is 1.09 bits per heavy atom. The van der Waals surface area contributed by atoms with Crippen LogP contribution in [-0.4, -0.2) is 44.8 Å². The molecule has 0 aromatic heterocycles. The summed E-state index contributed by atoms with van der Waals surface area (Å²) in [6.45, 7) is 7.00. The van der Waals surface area contributed by atoms with Crippen LogP contribution in [0.5, 0.6) is 0 Å². The number of unbranched alkanes of at least 4 members (excludes halogenated alkanes) is 11. The van der Waals surface area contributed by atoms with Crippen LogP contribution in [0.15, 0.2) is 0 Å². The standard InChI is InChI=1S/C20H45N2/c1-6-7-8-9-10-11-12-13-14-15-16-17-18-21-20(2)19-22(3,4)5/h20-21H,6-19H2,1-5H3/q+1. The molecule has 0 aromatic rings. The molecule has 0 aromatic carbocycles. The Morgan fingerprint density at radius 3 is 1.50 bits per heavy atom. The highest BCUT2D eigenvalue weighted by Gasteiger charge is 2.12. The van der Waals surface area contributed by atoms with E-state index in [-0.39, 0.29) is 0 Å². The summed E-state index contributed by atoms with van der Waals surface area (Å²) >= 11 is 0. The first kappa shape index (κ1) is 21.9. The Kier molecular flexibility index (Phi) is 14.5. The Morgan fingerprint density at radius 1 is 0.682 bits per heavy atom. The summed E-state index contributed by atoms with van der Waals surface area (Å²) in [5, 5.41) is 3.66. The number of hydrogen-bond acceptors (Lipinski definition) is 1. The van der Waals surface area contributed by atoms with E-state index >= 15 is 0 Å². The van der Waals surface area contributed by atoms with Crippen molar-refractivity contribution in [3.05, 3.63) is 0 Å². The molecule has 1 atom stereocenters. The highest BCUT2D eigenvalue weighted by molar-refractivity contribution is 4.59. The number of nitrogens with zero attached hydrogens (tertiary/aromatic N) is 1. The van der Waals surface area contributed by atoms with Crippen LogP contribution in [0, 0.1) is 0 Å². The molecule has 0 aliphatic rings. The van der Waals surface area contributed by atoms with Gasteiger partial charge in [-0.2, -0.15) is 0 Å². The maximum atomic E-state index is 3.66. The second-order valence-corrected chi connectivity index (χ2v) is 8.22. The molecule has 0 amide bonds. The highest BCUT2D eigenvalue weighted by Crippen LogP contribution is 2.11. The number of nitrogens with one attached hydrogen (secondary N) is 1. The minimum absolute atomic E-state index is 0.632. The molecular weight excluding hydrogens is 268 g/mol. The summed E-state index contributed by atoms with van der Waals surface area (Å²) < 4.78 is 1.05. The molecule has 0 aliphatic carbocycles. The van der Waals surface area contributed by atoms with Crippen LogP contribution >= 0.6 is 0 Å². The third kappa shape index (κ3) is 18.0. The monoisotopic (exact) mass is 313 g/mol. The average Bonchev–Trinajstić information content (AvgIpc) is 2.42.